The number of phenolic OH excluding ortho intramolecular Hbond substituents is 1. The summed E-state index contributed by atoms with van der Waals surface area (Å²) in [6.45, 7) is 1.90. The topological polar surface area (TPSA) is 58.6 Å². The Morgan fingerprint density at radius 1 is 1.25 bits per heavy atom. The number of hydrogen-bond acceptors (Lipinski definition) is 3. The number of nitrogens with one attached hydrogen (secondary N) is 1. The maximum Gasteiger partial charge on any atom is 0.255 e. The molecule has 0 aromatic heterocycles. The van der Waals surface area contributed by atoms with Crippen LogP contribution in [0.2, 0.25) is 0 Å². The van der Waals surface area contributed by atoms with Gasteiger partial charge >= 0.3 is 0 Å². The summed E-state index contributed by atoms with van der Waals surface area (Å²) in [4.78, 5) is 12.1. The van der Waals surface area contributed by atoms with E-state index in [9.17, 15) is 9.90 Å². The van der Waals surface area contributed by atoms with Gasteiger partial charge in [-0.15, -0.1) is 0 Å². The summed E-state index contributed by atoms with van der Waals surface area (Å²) >= 11 is 3.18. The van der Waals surface area contributed by atoms with Gasteiger partial charge in [-0.05, 0) is 64.8 Å². The molecule has 1 amide bonds. The van der Waals surface area contributed by atoms with Crippen molar-refractivity contribution in [1.29, 1.82) is 0 Å². The highest BCUT2D eigenvalue weighted by Gasteiger charge is 2.09. The maximum absolute atomic E-state index is 12.1. The number of methoxy groups -OCH3 is 1. The molecule has 0 radical (unpaired) electrons. The quantitative estimate of drug-likeness (QED) is 0.898. The largest absolute Gasteiger partial charge is 0.507 e. The van der Waals surface area contributed by atoms with E-state index in [4.69, 9.17) is 4.74 Å². The lowest BCUT2D eigenvalue weighted by Crippen LogP contribution is -2.11. The number of aryl methyl sites for hydroxylation is 1. The Bertz CT molecular complexity index is 656. The molecule has 0 saturated carbocycles. The SMILES string of the molecule is COc1ccc(NC(=O)c2ccc(Br)c(O)c2)cc1C. The van der Waals surface area contributed by atoms with E-state index in [0.717, 1.165) is 11.3 Å². The predicted octanol–water partition coefficient (Wildman–Crippen LogP) is 3.72. The minimum Gasteiger partial charge on any atom is -0.507 e. The van der Waals surface area contributed by atoms with Gasteiger partial charge in [0, 0.05) is 11.3 Å². The fourth-order valence-corrected chi connectivity index (χ4v) is 2.06. The van der Waals surface area contributed by atoms with Crippen molar-refractivity contribution in [3.8, 4) is 11.5 Å². The Hall–Kier alpha value is -2.01. The van der Waals surface area contributed by atoms with Crippen molar-refractivity contribution in [2.45, 2.75) is 6.92 Å². The molecular weight excluding hydrogens is 322 g/mol. The summed E-state index contributed by atoms with van der Waals surface area (Å²) in [5.74, 6) is 0.519. The van der Waals surface area contributed by atoms with E-state index < -0.39 is 0 Å². The lowest BCUT2D eigenvalue weighted by Gasteiger charge is -2.09. The summed E-state index contributed by atoms with van der Waals surface area (Å²) in [6.07, 6.45) is 0. The third-order valence-corrected chi connectivity index (χ3v) is 3.53. The van der Waals surface area contributed by atoms with Crippen LogP contribution in [0.15, 0.2) is 40.9 Å². The Kier molecular flexibility index (Phi) is 4.29. The fraction of sp³-hybridized carbons (Fsp3) is 0.133. The average molecular weight is 336 g/mol. The van der Waals surface area contributed by atoms with Crippen molar-refractivity contribution < 1.29 is 14.6 Å². The second kappa shape index (κ2) is 5.96. The van der Waals surface area contributed by atoms with Crippen LogP contribution in [-0.2, 0) is 0 Å². The van der Waals surface area contributed by atoms with E-state index in [-0.39, 0.29) is 11.7 Å². The number of aromatic hydroxyl groups is 1. The first kappa shape index (κ1) is 14.4. The normalized spacial score (nSPS) is 10.2. The molecule has 5 heteroatoms. The second-order valence-corrected chi connectivity index (χ2v) is 5.16. The molecule has 4 nitrogen and oxygen atoms in total. The van der Waals surface area contributed by atoms with E-state index in [0.29, 0.717) is 15.7 Å². The van der Waals surface area contributed by atoms with E-state index in [1.807, 2.05) is 13.0 Å². The van der Waals surface area contributed by atoms with Gasteiger partial charge in [-0.1, -0.05) is 0 Å². The van der Waals surface area contributed by atoms with Crippen molar-refractivity contribution in [3.63, 3.8) is 0 Å². The molecule has 0 fully saturated rings. The molecular formula is C15H14BrNO3. The van der Waals surface area contributed by atoms with E-state index in [1.165, 1.54) is 6.07 Å². The predicted molar refractivity (Wildman–Crippen MR) is 81.5 cm³/mol. The van der Waals surface area contributed by atoms with Gasteiger partial charge in [-0.25, -0.2) is 0 Å². The molecule has 0 aliphatic rings. The Balaban J connectivity index is 2.19. The maximum atomic E-state index is 12.1. The first-order chi connectivity index (χ1) is 9.51. The van der Waals surface area contributed by atoms with Crippen molar-refractivity contribution in [3.05, 3.63) is 52.0 Å². The van der Waals surface area contributed by atoms with Crippen LogP contribution in [-0.4, -0.2) is 18.1 Å². The number of carbonyl (C=O) groups excluding carboxylic acids is 1. The van der Waals surface area contributed by atoms with Crippen molar-refractivity contribution in [1.82, 2.24) is 0 Å². The van der Waals surface area contributed by atoms with Gasteiger partial charge in [0.05, 0.1) is 11.6 Å². The molecule has 0 bridgehead atoms. The monoisotopic (exact) mass is 335 g/mol. The Labute approximate surface area is 125 Å². The van der Waals surface area contributed by atoms with Crippen LogP contribution < -0.4 is 10.1 Å². The number of anilines is 1. The van der Waals surface area contributed by atoms with Gasteiger partial charge in [0.25, 0.3) is 5.91 Å². The highest BCUT2D eigenvalue weighted by Crippen LogP contribution is 2.25. The lowest BCUT2D eigenvalue weighted by molar-refractivity contribution is 0.102. The summed E-state index contributed by atoms with van der Waals surface area (Å²) in [5.41, 5.74) is 2.00. The summed E-state index contributed by atoms with van der Waals surface area (Å²) in [7, 11) is 1.60. The molecule has 0 atom stereocenters. The van der Waals surface area contributed by atoms with Crippen LogP contribution >= 0.6 is 15.9 Å². The van der Waals surface area contributed by atoms with Gasteiger partial charge in [-0.2, -0.15) is 0 Å². The van der Waals surface area contributed by atoms with Crippen LogP contribution in [0.4, 0.5) is 5.69 Å². The molecule has 2 rings (SSSR count). The first-order valence-electron chi connectivity index (χ1n) is 5.96. The molecule has 104 valence electrons. The van der Waals surface area contributed by atoms with Gasteiger partial charge in [-0.3, -0.25) is 4.79 Å². The molecule has 2 N–H and O–H groups in total. The minimum atomic E-state index is -0.280. The average Bonchev–Trinajstić information content (AvgIpc) is 2.42. The zero-order valence-electron chi connectivity index (χ0n) is 11.1. The number of carbonyl (C=O) groups is 1. The number of halogens is 1. The number of benzene rings is 2. The Morgan fingerprint density at radius 2 is 2.00 bits per heavy atom. The van der Waals surface area contributed by atoms with E-state index in [2.05, 4.69) is 21.2 Å². The third kappa shape index (κ3) is 3.11. The third-order valence-electron chi connectivity index (χ3n) is 2.86. The van der Waals surface area contributed by atoms with E-state index in [1.54, 1.807) is 31.4 Å². The van der Waals surface area contributed by atoms with Crippen LogP contribution in [0.5, 0.6) is 11.5 Å². The highest BCUT2D eigenvalue weighted by atomic mass is 79.9. The number of amides is 1. The molecule has 0 spiro atoms. The van der Waals surface area contributed by atoms with Crippen molar-refractivity contribution in [2.24, 2.45) is 0 Å². The number of phenols is 1. The smallest absolute Gasteiger partial charge is 0.255 e. The van der Waals surface area contributed by atoms with Crippen molar-refractivity contribution in [2.75, 3.05) is 12.4 Å². The van der Waals surface area contributed by atoms with Gasteiger partial charge in [0.2, 0.25) is 0 Å². The summed E-state index contributed by atoms with van der Waals surface area (Å²) < 4.78 is 5.72. The number of hydrogen-bond donors (Lipinski definition) is 2. The molecule has 0 unspecified atom stereocenters. The highest BCUT2D eigenvalue weighted by molar-refractivity contribution is 9.10. The molecule has 2 aromatic carbocycles. The number of rotatable bonds is 3. The summed E-state index contributed by atoms with van der Waals surface area (Å²) in [6, 6.07) is 10.1. The molecule has 2 aromatic rings. The van der Waals surface area contributed by atoms with Gasteiger partial charge < -0.3 is 15.2 Å². The van der Waals surface area contributed by atoms with Crippen LogP contribution in [0.25, 0.3) is 0 Å². The number of ether oxygens (including phenoxy) is 1. The van der Waals surface area contributed by atoms with E-state index >= 15 is 0 Å². The van der Waals surface area contributed by atoms with Crippen LogP contribution in [0.3, 0.4) is 0 Å². The molecule has 0 aliphatic carbocycles. The standard InChI is InChI=1S/C15H14BrNO3/c1-9-7-11(4-6-14(9)20-2)17-15(19)10-3-5-12(16)13(18)8-10/h3-8,18H,1-2H3,(H,17,19). The minimum absolute atomic E-state index is 0.0311. The Morgan fingerprint density at radius 3 is 2.60 bits per heavy atom. The zero-order valence-corrected chi connectivity index (χ0v) is 12.7. The second-order valence-electron chi connectivity index (χ2n) is 4.30. The molecule has 20 heavy (non-hydrogen) atoms. The lowest BCUT2D eigenvalue weighted by atomic mass is 10.1. The molecule has 0 saturated heterocycles. The fourth-order valence-electron chi connectivity index (χ4n) is 1.81. The summed E-state index contributed by atoms with van der Waals surface area (Å²) in [5, 5.41) is 12.4. The molecule has 0 aliphatic heterocycles. The first-order valence-corrected chi connectivity index (χ1v) is 6.75. The van der Waals surface area contributed by atoms with Gasteiger partial charge in [0.15, 0.2) is 0 Å². The van der Waals surface area contributed by atoms with Crippen LogP contribution in [0, 0.1) is 6.92 Å². The van der Waals surface area contributed by atoms with Crippen molar-refractivity contribution >= 4 is 27.5 Å². The van der Waals surface area contributed by atoms with Crippen LogP contribution in [0.1, 0.15) is 15.9 Å². The van der Waals surface area contributed by atoms with Gasteiger partial charge in [0.1, 0.15) is 11.5 Å². The zero-order chi connectivity index (χ0) is 14.7. The molecule has 0 heterocycles.